The predicted molar refractivity (Wildman–Crippen MR) is 59.2 cm³/mol. The van der Waals surface area contributed by atoms with Gasteiger partial charge in [-0.2, -0.15) is 0 Å². The Labute approximate surface area is 87.7 Å². The third kappa shape index (κ3) is 0.816. The van der Waals surface area contributed by atoms with E-state index >= 15 is 0 Å². The molecule has 1 spiro atoms. The molecule has 2 bridgehead atoms. The fraction of sp³-hybridized carbons (Fsp3) is 1.00. The van der Waals surface area contributed by atoms with Gasteiger partial charge in [-0.15, -0.1) is 0 Å². The van der Waals surface area contributed by atoms with Gasteiger partial charge in [0.1, 0.15) is 0 Å². The van der Waals surface area contributed by atoms with E-state index in [0.29, 0.717) is 16.2 Å². The minimum Gasteiger partial charge on any atom is -0.316 e. The van der Waals surface area contributed by atoms with Crippen LogP contribution >= 0.6 is 0 Å². The van der Waals surface area contributed by atoms with Gasteiger partial charge in [0, 0.05) is 13.1 Å². The molecule has 2 saturated carbocycles. The van der Waals surface area contributed by atoms with Crippen LogP contribution in [0, 0.1) is 16.2 Å². The Morgan fingerprint density at radius 1 is 0.786 bits per heavy atom. The van der Waals surface area contributed by atoms with Gasteiger partial charge in [-0.3, -0.25) is 0 Å². The quantitative estimate of drug-likeness (QED) is 0.623. The van der Waals surface area contributed by atoms with Crippen LogP contribution in [0.1, 0.15) is 52.4 Å². The highest BCUT2D eigenvalue weighted by atomic mass is 15.0. The average Bonchev–Trinajstić information content (AvgIpc) is 2.66. The van der Waals surface area contributed by atoms with Gasteiger partial charge < -0.3 is 5.32 Å². The molecule has 1 N–H and O–H groups in total. The third-order valence-corrected chi connectivity index (χ3v) is 6.03. The van der Waals surface area contributed by atoms with Crippen LogP contribution in [0.3, 0.4) is 0 Å². The van der Waals surface area contributed by atoms with E-state index in [1.807, 2.05) is 0 Å². The van der Waals surface area contributed by atoms with Crippen LogP contribution in [0.2, 0.25) is 0 Å². The molecule has 3 rings (SSSR count). The number of piperidine rings is 1. The summed E-state index contributed by atoms with van der Waals surface area (Å²) >= 11 is 0. The Kier molecular flexibility index (Phi) is 1.68. The molecule has 0 aromatic rings. The molecule has 2 aliphatic carbocycles. The van der Waals surface area contributed by atoms with Crippen molar-refractivity contribution in [3.8, 4) is 0 Å². The predicted octanol–water partition coefficient (Wildman–Crippen LogP) is 2.96. The number of hydrogen-bond acceptors (Lipinski definition) is 1. The second-order valence-corrected chi connectivity index (χ2v) is 6.51. The monoisotopic (exact) mass is 193 g/mol. The summed E-state index contributed by atoms with van der Waals surface area (Å²) in [6.45, 7) is 7.66. The van der Waals surface area contributed by atoms with Gasteiger partial charge in [-0.1, -0.05) is 26.7 Å². The lowest BCUT2D eigenvalue weighted by Gasteiger charge is -2.54. The van der Waals surface area contributed by atoms with Gasteiger partial charge in [0.25, 0.3) is 0 Å². The lowest BCUT2D eigenvalue weighted by molar-refractivity contribution is -0.0352. The Hall–Kier alpha value is -0.0400. The lowest BCUT2D eigenvalue weighted by atomic mass is 9.54. The molecule has 1 heterocycles. The largest absolute Gasteiger partial charge is 0.316 e. The second kappa shape index (κ2) is 2.55. The van der Waals surface area contributed by atoms with E-state index in [0.717, 1.165) is 0 Å². The average molecular weight is 193 g/mol. The summed E-state index contributed by atoms with van der Waals surface area (Å²) < 4.78 is 0. The minimum absolute atomic E-state index is 0.622. The first-order valence-electron chi connectivity index (χ1n) is 6.33. The zero-order chi connectivity index (χ0) is 9.86. The Bertz CT molecular complexity index is 234. The SMILES string of the molecule is CC12CCC(C)(CNC1)C21CCCC1. The molecule has 0 amide bonds. The summed E-state index contributed by atoms with van der Waals surface area (Å²) in [7, 11) is 0. The van der Waals surface area contributed by atoms with Crippen LogP contribution in [0.4, 0.5) is 0 Å². The van der Waals surface area contributed by atoms with Crippen LogP contribution in [0.15, 0.2) is 0 Å². The molecular weight excluding hydrogens is 170 g/mol. The highest BCUT2D eigenvalue weighted by Crippen LogP contribution is 2.70. The number of nitrogens with one attached hydrogen (secondary N) is 1. The highest BCUT2D eigenvalue weighted by Gasteiger charge is 2.65. The van der Waals surface area contributed by atoms with Crippen molar-refractivity contribution in [1.29, 1.82) is 0 Å². The van der Waals surface area contributed by atoms with E-state index in [1.165, 1.54) is 51.6 Å². The van der Waals surface area contributed by atoms with E-state index in [2.05, 4.69) is 19.2 Å². The summed E-state index contributed by atoms with van der Waals surface area (Å²) in [5.74, 6) is 0. The highest BCUT2D eigenvalue weighted by molar-refractivity contribution is 5.16. The normalized spacial score (nSPS) is 50.1. The molecule has 3 fully saturated rings. The van der Waals surface area contributed by atoms with Crippen molar-refractivity contribution in [3.63, 3.8) is 0 Å². The lowest BCUT2D eigenvalue weighted by Crippen LogP contribution is -2.56. The summed E-state index contributed by atoms with van der Waals surface area (Å²) in [5.41, 5.74) is 1.96. The van der Waals surface area contributed by atoms with Crippen molar-refractivity contribution in [3.05, 3.63) is 0 Å². The van der Waals surface area contributed by atoms with Crippen LogP contribution in [-0.2, 0) is 0 Å². The Balaban J connectivity index is 2.08. The number of rotatable bonds is 0. The van der Waals surface area contributed by atoms with Crippen LogP contribution < -0.4 is 5.32 Å². The molecule has 3 aliphatic rings. The van der Waals surface area contributed by atoms with Gasteiger partial charge >= 0.3 is 0 Å². The van der Waals surface area contributed by atoms with Crippen LogP contribution in [0.25, 0.3) is 0 Å². The van der Waals surface area contributed by atoms with Gasteiger partial charge in [-0.25, -0.2) is 0 Å². The van der Waals surface area contributed by atoms with Gasteiger partial charge in [0.05, 0.1) is 0 Å². The zero-order valence-electron chi connectivity index (χ0n) is 9.66. The second-order valence-electron chi connectivity index (χ2n) is 6.51. The maximum Gasteiger partial charge on any atom is 0.00109 e. The molecule has 0 aromatic heterocycles. The van der Waals surface area contributed by atoms with Gasteiger partial charge in [-0.05, 0) is 41.9 Å². The van der Waals surface area contributed by atoms with Crippen molar-refractivity contribution in [1.82, 2.24) is 5.32 Å². The molecule has 2 atom stereocenters. The fourth-order valence-corrected chi connectivity index (χ4v) is 5.07. The van der Waals surface area contributed by atoms with Crippen molar-refractivity contribution >= 4 is 0 Å². The minimum atomic E-state index is 0.622. The van der Waals surface area contributed by atoms with Crippen molar-refractivity contribution in [2.75, 3.05) is 13.1 Å². The first kappa shape index (κ1) is 9.21. The third-order valence-electron chi connectivity index (χ3n) is 6.03. The molecule has 80 valence electrons. The van der Waals surface area contributed by atoms with E-state index in [1.54, 1.807) is 0 Å². The Morgan fingerprint density at radius 3 is 1.79 bits per heavy atom. The molecular formula is C13H23N. The molecule has 0 aromatic carbocycles. The topological polar surface area (TPSA) is 12.0 Å². The first-order valence-corrected chi connectivity index (χ1v) is 6.33. The zero-order valence-corrected chi connectivity index (χ0v) is 9.66. The van der Waals surface area contributed by atoms with Crippen molar-refractivity contribution in [2.45, 2.75) is 52.4 Å². The summed E-state index contributed by atoms with van der Waals surface area (Å²) in [5, 5.41) is 3.68. The summed E-state index contributed by atoms with van der Waals surface area (Å²) in [4.78, 5) is 0. The maximum absolute atomic E-state index is 3.68. The standard InChI is InChI=1S/C13H23N/c1-11-7-8-12(2,10-14-9-11)13(11)5-3-4-6-13/h14H,3-10H2,1-2H3. The van der Waals surface area contributed by atoms with E-state index in [4.69, 9.17) is 0 Å². The first-order chi connectivity index (χ1) is 6.62. The molecule has 1 heteroatoms. The van der Waals surface area contributed by atoms with E-state index < -0.39 is 0 Å². The fourth-order valence-electron chi connectivity index (χ4n) is 5.07. The summed E-state index contributed by atoms with van der Waals surface area (Å²) in [6.07, 6.45) is 8.95. The van der Waals surface area contributed by atoms with E-state index in [-0.39, 0.29) is 0 Å². The van der Waals surface area contributed by atoms with Crippen LogP contribution in [0.5, 0.6) is 0 Å². The Morgan fingerprint density at radius 2 is 1.29 bits per heavy atom. The molecule has 1 nitrogen and oxygen atoms in total. The van der Waals surface area contributed by atoms with E-state index in [9.17, 15) is 0 Å². The maximum atomic E-state index is 3.68. The van der Waals surface area contributed by atoms with Gasteiger partial charge in [0.2, 0.25) is 0 Å². The van der Waals surface area contributed by atoms with Gasteiger partial charge in [0.15, 0.2) is 0 Å². The number of hydrogen-bond donors (Lipinski definition) is 1. The molecule has 0 radical (unpaired) electrons. The van der Waals surface area contributed by atoms with Crippen LogP contribution in [-0.4, -0.2) is 13.1 Å². The molecule has 1 aliphatic heterocycles. The summed E-state index contributed by atoms with van der Waals surface area (Å²) in [6, 6.07) is 0. The molecule has 1 saturated heterocycles. The van der Waals surface area contributed by atoms with Crippen molar-refractivity contribution < 1.29 is 0 Å². The molecule has 14 heavy (non-hydrogen) atoms. The smallest absolute Gasteiger partial charge is 0.00109 e. The van der Waals surface area contributed by atoms with Crippen molar-refractivity contribution in [2.24, 2.45) is 16.2 Å². The molecule has 2 unspecified atom stereocenters.